The highest BCUT2D eigenvalue weighted by Crippen LogP contribution is 2.26. The molecule has 2 fully saturated rings. The highest BCUT2D eigenvalue weighted by molar-refractivity contribution is 6.42. The third kappa shape index (κ3) is 4.25. The first-order valence-electron chi connectivity index (χ1n) is 7.34. The summed E-state index contributed by atoms with van der Waals surface area (Å²) in [5.74, 6) is 0. The van der Waals surface area contributed by atoms with Gasteiger partial charge in [-0.3, -0.25) is 9.80 Å². The number of nitrogens with zero attached hydrogens (tertiary/aromatic N) is 2. The summed E-state index contributed by atoms with van der Waals surface area (Å²) in [6, 6.07) is 6.64. The minimum absolute atomic E-state index is 0. The molecule has 0 amide bonds. The summed E-state index contributed by atoms with van der Waals surface area (Å²) in [4.78, 5) is 5.09. The first-order valence-corrected chi connectivity index (χ1v) is 8.09. The average Bonchev–Trinajstić information content (AvgIpc) is 2.99. The Labute approximate surface area is 143 Å². The van der Waals surface area contributed by atoms with E-state index in [-0.39, 0.29) is 12.4 Å². The Morgan fingerprint density at radius 1 is 1.14 bits per heavy atom. The molecule has 0 bridgehead atoms. The fourth-order valence-electron chi connectivity index (χ4n) is 3.15. The van der Waals surface area contributed by atoms with Crippen LogP contribution < -0.4 is 5.32 Å². The van der Waals surface area contributed by atoms with E-state index in [2.05, 4.69) is 21.2 Å². The van der Waals surface area contributed by atoms with Crippen molar-refractivity contribution >= 4 is 35.6 Å². The van der Waals surface area contributed by atoms with Gasteiger partial charge in [0, 0.05) is 45.3 Å². The van der Waals surface area contributed by atoms with Gasteiger partial charge in [0.05, 0.1) is 10.0 Å². The number of hydrogen-bond donors (Lipinski definition) is 1. The lowest BCUT2D eigenvalue weighted by Crippen LogP contribution is -2.50. The molecule has 0 aromatic heterocycles. The molecule has 2 heterocycles. The highest BCUT2D eigenvalue weighted by Gasteiger charge is 2.26. The zero-order valence-corrected chi connectivity index (χ0v) is 14.4. The first kappa shape index (κ1) is 17.3. The summed E-state index contributed by atoms with van der Waals surface area (Å²) in [6.45, 7) is 7.76. The first-order chi connectivity index (χ1) is 9.74. The van der Waals surface area contributed by atoms with E-state index in [0.717, 1.165) is 50.9 Å². The van der Waals surface area contributed by atoms with Gasteiger partial charge in [0.15, 0.2) is 0 Å². The van der Waals surface area contributed by atoms with Crippen molar-refractivity contribution in [2.24, 2.45) is 0 Å². The maximum Gasteiger partial charge on any atom is 0.0637 e. The molecule has 0 saturated carbocycles. The second-order valence-corrected chi connectivity index (χ2v) is 6.46. The summed E-state index contributed by atoms with van der Waals surface area (Å²) in [6.07, 6.45) is 1.29. The third-order valence-electron chi connectivity index (χ3n) is 4.38. The number of hydrogen-bond acceptors (Lipinski definition) is 3. The number of benzene rings is 1. The molecule has 2 aliphatic heterocycles. The largest absolute Gasteiger partial charge is 0.315 e. The topological polar surface area (TPSA) is 18.5 Å². The van der Waals surface area contributed by atoms with Gasteiger partial charge in [-0.05, 0) is 24.6 Å². The van der Waals surface area contributed by atoms with Crippen molar-refractivity contribution in [2.45, 2.75) is 19.0 Å². The summed E-state index contributed by atoms with van der Waals surface area (Å²) in [5, 5.41) is 4.80. The van der Waals surface area contributed by atoms with Crippen molar-refractivity contribution in [2.75, 3.05) is 39.3 Å². The van der Waals surface area contributed by atoms with Crippen molar-refractivity contribution in [3.63, 3.8) is 0 Å². The van der Waals surface area contributed by atoms with E-state index < -0.39 is 0 Å². The molecule has 0 aliphatic carbocycles. The standard InChI is InChI=1S/C15H21Cl2N3.ClH/c16-14-3-1-2-12(15(14)17)11-19-6-8-20(9-7-19)13-4-5-18-10-13;/h1-3,13,18H,4-11H2;1H. The molecular weight excluding hydrogens is 329 g/mol. The molecule has 2 aliphatic rings. The van der Waals surface area contributed by atoms with Crippen LogP contribution in [0, 0.1) is 0 Å². The number of nitrogens with one attached hydrogen (secondary N) is 1. The Hall–Kier alpha value is -0.0300. The summed E-state index contributed by atoms with van der Waals surface area (Å²) < 4.78 is 0. The van der Waals surface area contributed by atoms with Gasteiger partial charge in [-0.1, -0.05) is 35.3 Å². The predicted octanol–water partition coefficient (Wildman–Crippen LogP) is 2.89. The van der Waals surface area contributed by atoms with Gasteiger partial charge < -0.3 is 5.32 Å². The molecule has 1 unspecified atom stereocenters. The second-order valence-electron chi connectivity index (χ2n) is 5.67. The van der Waals surface area contributed by atoms with Crippen LogP contribution in [0.3, 0.4) is 0 Å². The van der Waals surface area contributed by atoms with Crippen molar-refractivity contribution in [1.82, 2.24) is 15.1 Å². The molecule has 3 rings (SSSR count). The van der Waals surface area contributed by atoms with Gasteiger partial charge in [0.25, 0.3) is 0 Å². The maximum absolute atomic E-state index is 6.27. The Kier molecular flexibility index (Phi) is 6.60. The van der Waals surface area contributed by atoms with Crippen LogP contribution in [-0.4, -0.2) is 55.1 Å². The lowest BCUT2D eigenvalue weighted by atomic mass is 10.1. The van der Waals surface area contributed by atoms with Crippen molar-refractivity contribution in [3.05, 3.63) is 33.8 Å². The van der Waals surface area contributed by atoms with Crippen molar-refractivity contribution < 1.29 is 0 Å². The van der Waals surface area contributed by atoms with Crippen LogP contribution in [0.4, 0.5) is 0 Å². The van der Waals surface area contributed by atoms with Gasteiger partial charge in [-0.15, -0.1) is 12.4 Å². The van der Waals surface area contributed by atoms with E-state index in [4.69, 9.17) is 23.2 Å². The van der Waals surface area contributed by atoms with E-state index in [1.165, 1.54) is 13.0 Å². The quantitative estimate of drug-likeness (QED) is 0.904. The Balaban J connectivity index is 0.00000161. The number of piperazine rings is 1. The molecular formula is C15H22Cl3N3. The van der Waals surface area contributed by atoms with Crippen molar-refractivity contribution in [3.8, 4) is 0 Å². The zero-order valence-electron chi connectivity index (χ0n) is 12.0. The molecule has 1 N–H and O–H groups in total. The Bertz CT molecular complexity index is 455. The third-order valence-corrected chi connectivity index (χ3v) is 5.24. The van der Waals surface area contributed by atoms with E-state index in [1.807, 2.05) is 12.1 Å². The van der Waals surface area contributed by atoms with Crippen LogP contribution in [-0.2, 0) is 6.54 Å². The number of halogens is 3. The van der Waals surface area contributed by atoms with Gasteiger partial charge in [-0.2, -0.15) is 0 Å². The van der Waals surface area contributed by atoms with Gasteiger partial charge >= 0.3 is 0 Å². The van der Waals surface area contributed by atoms with Gasteiger partial charge in [-0.25, -0.2) is 0 Å². The smallest absolute Gasteiger partial charge is 0.0637 e. The minimum atomic E-state index is 0. The van der Waals surface area contributed by atoms with Crippen LogP contribution in [0.25, 0.3) is 0 Å². The summed E-state index contributed by atoms with van der Waals surface area (Å²) in [7, 11) is 0. The fraction of sp³-hybridized carbons (Fsp3) is 0.600. The van der Waals surface area contributed by atoms with E-state index in [0.29, 0.717) is 10.0 Å². The van der Waals surface area contributed by atoms with Gasteiger partial charge in [0.1, 0.15) is 0 Å². The number of rotatable bonds is 3. The molecule has 0 spiro atoms. The summed E-state index contributed by atoms with van der Waals surface area (Å²) >= 11 is 12.3. The van der Waals surface area contributed by atoms with Gasteiger partial charge in [0.2, 0.25) is 0 Å². The van der Waals surface area contributed by atoms with Crippen LogP contribution in [0.5, 0.6) is 0 Å². The Morgan fingerprint density at radius 2 is 1.90 bits per heavy atom. The fourth-order valence-corrected chi connectivity index (χ4v) is 3.53. The molecule has 6 heteroatoms. The molecule has 1 aromatic rings. The SMILES string of the molecule is Cl.Clc1cccc(CN2CCN(C3CCNC3)CC2)c1Cl. The highest BCUT2D eigenvalue weighted by atomic mass is 35.5. The molecule has 1 aromatic carbocycles. The lowest BCUT2D eigenvalue weighted by molar-refractivity contribution is 0.0981. The molecule has 2 saturated heterocycles. The van der Waals surface area contributed by atoms with E-state index in [1.54, 1.807) is 0 Å². The van der Waals surface area contributed by atoms with Crippen LogP contribution in [0.15, 0.2) is 18.2 Å². The molecule has 1 atom stereocenters. The lowest BCUT2D eigenvalue weighted by Gasteiger charge is -2.37. The normalized spacial score (nSPS) is 24.0. The second kappa shape index (κ2) is 8.00. The van der Waals surface area contributed by atoms with E-state index in [9.17, 15) is 0 Å². The molecule has 21 heavy (non-hydrogen) atoms. The summed E-state index contributed by atoms with van der Waals surface area (Å²) in [5.41, 5.74) is 1.13. The average molecular weight is 351 g/mol. The van der Waals surface area contributed by atoms with Crippen molar-refractivity contribution in [1.29, 1.82) is 0 Å². The molecule has 0 radical (unpaired) electrons. The van der Waals surface area contributed by atoms with Crippen LogP contribution in [0.2, 0.25) is 10.0 Å². The predicted molar refractivity (Wildman–Crippen MR) is 91.8 cm³/mol. The minimum Gasteiger partial charge on any atom is -0.315 e. The van der Waals surface area contributed by atoms with E-state index >= 15 is 0 Å². The zero-order chi connectivity index (χ0) is 13.9. The monoisotopic (exact) mass is 349 g/mol. The maximum atomic E-state index is 6.27. The molecule has 118 valence electrons. The molecule has 3 nitrogen and oxygen atoms in total. The Morgan fingerprint density at radius 3 is 2.57 bits per heavy atom. The van der Waals surface area contributed by atoms with Crippen LogP contribution in [0.1, 0.15) is 12.0 Å². The van der Waals surface area contributed by atoms with Crippen LogP contribution >= 0.6 is 35.6 Å².